The minimum absolute atomic E-state index is 0.0244. The standard InChI is InChI=1S/C15H13ClN2O3/c16-14(11-6-2-1-3-7-11)15(19)17-10-12-8-4-5-9-13(12)18(20)21/h1-9,14H,10H2,(H,17,19). The number of carbonyl (C=O) groups is 1. The van der Waals surface area contributed by atoms with Gasteiger partial charge in [0, 0.05) is 18.2 Å². The third kappa shape index (κ3) is 3.79. The number of amides is 1. The first kappa shape index (κ1) is 15.0. The molecule has 0 aliphatic heterocycles. The van der Waals surface area contributed by atoms with Crippen LogP contribution in [-0.4, -0.2) is 10.8 Å². The van der Waals surface area contributed by atoms with Crippen LogP contribution < -0.4 is 5.32 Å². The Labute approximate surface area is 126 Å². The van der Waals surface area contributed by atoms with Crippen molar-refractivity contribution in [3.63, 3.8) is 0 Å². The van der Waals surface area contributed by atoms with E-state index in [-0.39, 0.29) is 18.1 Å². The maximum Gasteiger partial charge on any atom is 0.274 e. The molecule has 0 bridgehead atoms. The summed E-state index contributed by atoms with van der Waals surface area (Å²) >= 11 is 6.08. The highest BCUT2D eigenvalue weighted by atomic mass is 35.5. The summed E-state index contributed by atoms with van der Waals surface area (Å²) < 4.78 is 0. The zero-order valence-electron chi connectivity index (χ0n) is 11.0. The van der Waals surface area contributed by atoms with Crippen molar-refractivity contribution < 1.29 is 9.72 Å². The molecule has 2 rings (SSSR count). The summed E-state index contributed by atoms with van der Waals surface area (Å²) in [6.45, 7) is 0.0615. The van der Waals surface area contributed by atoms with Crippen LogP contribution in [-0.2, 0) is 11.3 Å². The van der Waals surface area contributed by atoms with Crippen molar-refractivity contribution in [1.82, 2.24) is 5.32 Å². The Morgan fingerprint density at radius 2 is 1.76 bits per heavy atom. The van der Waals surface area contributed by atoms with Crippen LogP contribution in [0.1, 0.15) is 16.5 Å². The summed E-state index contributed by atoms with van der Waals surface area (Å²) in [7, 11) is 0. The molecule has 2 aromatic rings. The zero-order chi connectivity index (χ0) is 15.2. The number of hydrogen-bond donors (Lipinski definition) is 1. The van der Waals surface area contributed by atoms with E-state index in [1.165, 1.54) is 6.07 Å². The van der Waals surface area contributed by atoms with Gasteiger partial charge in [-0.3, -0.25) is 14.9 Å². The second kappa shape index (κ2) is 6.85. The van der Waals surface area contributed by atoms with Crippen LogP contribution >= 0.6 is 11.6 Å². The zero-order valence-corrected chi connectivity index (χ0v) is 11.8. The van der Waals surface area contributed by atoms with Gasteiger partial charge in [0.25, 0.3) is 5.69 Å². The highest BCUT2D eigenvalue weighted by Gasteiger charge is 2.18. The van der Waals surface area contributed by atoms with Crippen LogP contribution in [0.5, 0.6) is 0 Å². The van der Waals surface area contributed by atoms with Crippen LogP contribution in [0.3, 0.4) is 0 Å². The van der Waals surface area contributed by atoms with E-state index in [1.54, 1.807) is 42.5 Å². The maximum absolute atomic E-state index is 12.0. The van der Waals surface area contributed by atoms with Gasteiger partial charge in [-0.15, -0.1) is 11.6 Å². The van der Waals surface area contributed by atoms with E-state index in [0.717, 1.165) is 0 Å². The lowest BCUT2D eigenvalue weighted by Crippen LogP contribution is -2.26. The normalized spacial score (nSPS) is 11.7. The van der Waals surface area contributed by atoms with Crippen molar-refractivity contribution in [3.05, 3.63) is 75.8 Å². The average Bonchev–Trinajstić information content (AvgIpc) is 2.52. The van der Waals surface area contributed by atoms with Gasteiger partial charge in [-0.1, -0.05) is 48.5 Å². The predicted octanol–water partition coefficient (Wildman–Crippen LogP) is 3.19. The number of nitrogens with one attached hydrogen (secondary N) is 1. The van der Waals surface area contributed by atoms with Crippen LogP contribution in [0.25, 0.3) is 0 Å². The third-order valence-corrected chi connectivity index (χ3v) is 3.41. The first-order valence-corrected chi connectivity index (χ1v) is 6.72. The Bertz CT molecular complexity index is 646. The van der Waals surface area contributed by atoms with Gasteiger partial charge < -0.3 is 5.32 Å². The number of rotatable bonds is 5. The summed E-state index contributed by atoms with van der Waals surface area (Å²) in [4.78, 5) is 22.4. The molecule has 0 aromatic heterocycles. The van der Waals surface area contributed by atoms with Crippen molar-refractivity contribution in [3.8, 4) is 0 Å². The number of benzene rings is 2. The van der Waals surface area contributed by atoms with Crippen molar-refractivity contribution in [2.24, 2.45) is 0 Å². The molecular weight excluding hydrogens is 292 g/mol. The molecule has 0 saturated heterocycles. The molecule has 1 unspecified atom stereocenters. The van der Waals surface area contributed by atoms with E-state index in [2.05, 4.69) is 5.32 Å². The summed E-state index contributed by atoms with van der Waals surface area (Å²) in [5, 5.41) is 12.7. The molecular formula is C15H13ClN2O3. The molecule has 0 saturated carbocycles. The molecule has 1 atom stereocenters. The molecule has 5 nitrogen and oxygen atoms in total. The first-order valence-electron chi connectivity index (χ1n) is 6.28. The van der Waals surface area contributed by atoms with Gasteiger partial charge in [0.1, 0.15) is 5.38 Å². The minimum Gasteiger partial charge on any atom is -0.350 e. The number of hydrogen-bond acceptors (Lipinski definition) is 3. The largest absolute Gasteiger partial charge is 0.350 e. The number of para-hydroxylation sites is 1. The van der Waals surface area contributed by atoms with Crippen molar-refractivity contribution in [1.29, 1.82) is 0 Å². The number of nitro groups is 1. The SMILES string of the molecule is O=C(NCc1ccccc1[N+](=O)[O-])C(Cl)c1ccccc1. The van der Waals surface area contributed by atoms with Crippen molar-refractivity contribution >= 4 is 23.2 Å². The molecule has 0 aliphatic rings. The van der Waals surface area contributed by atoms with E-state index in [1.807, 2.05) is 6.07 Å². The van der Waals surface area contributed by atoms with Gasteiger partial charge in [0.05, 0.1) is 4.92 Å². The topological polar surface area (TPSA) is 72.2 Å². The highest BCUT2D eigenvalue weighted by molar-refractivity contribution is 6.30. The lowest BCUT2D eigenvalue weighted by molar-refractivity contribution is -0.385. The van der Waals surface area contributed by atoms with Gasteiger partial charge >= 0.3 is 0 Å². The summed E-state index contributed by atoms with van der Waals surface area (Å²) in [5.74, 6) is -0.388. The van der Waals surface area contributed by atoms with E-state index in [0.29, 0.717) is 11.1 Å². The van der Waals surface area contributed by atoms with Crippen LogP contribution in [0.4, 0.5) is 5.69 Å². The lowest BCUT2D eigenvalue weighted by atomic mass is 10.1. The van der Waals surface area contributed by atoms with Gasteiger partial charge in [0.15, 0.2) is 0 Å². The molecule has 2 aromatic carbocycles. The molecule has 0 spiro atoms. The number of alkyl halides is 1. The van der Waals surface area contributed by atoms with E-state index in [4.69, 9.17) is 11.6 Å². The Morgan fingerprint density at radius 1 is 1.14 bits per heavy atom. The molecule has 1 N–H and O–H groups in total. The van der Waals surface area contributed by atoms with Crippen molar-refractivity contribution in [2.45, 2.75) is 11.9 Å². The quantitative estimate of drug-likeness (QED) is 0.524. The summed E-state index contributed by atoms with van der Waals surface area (Å²) in [6, 6.07) is 15.2. The van der Waals surface area contributed by atoms with E-state index in [9.17, 15) is 14.9 Å². The summed E-state index contributed by atoms with van der Waals surface area (Å²) in [6.07, 6.45) is 0. The molecule has 0 heterocycles. The average molecular weight is 305 g/mol. The number of nitrogens with zero attached hydrogens (tertiary/aromatic N) is 1. The maximum atomic E-state index is 12.0. The molecule has 1 amide bonds. The third-order valence-electron chi connectivity index (χ3n) is 2.96. The number of carbonyl (C=O) groups excluding carboxylic acids is 1. The number of halogens is 1. The van der Waals surface area contributed by atoms with Gasteiger partial charge in [-0.25, -0.2) is 0 Å². The molecule has 108 valence electrons. The van der Waals surface area contributed by atoms with Gasteiger partial charge in [0.2, 0.25) is 5.91 Å². The Kier molecular flexibility index (Phi) is 4.90. The summed E-state index contributed by atoms with van der Waals surface area (Å²) in [5.41, 5.74) is 1.09. The van der Waals surface area contributed by atoms with Crippen molar-refractivity contribution in [2.75, 3.05) is 0 Å². The molecule has 0 radical (unpaired) electrons. The fourth-order valence-corrected chi connectivity index (χ4v) is 2.11. The van der Waals surface area contributed by atoms with Crippen LogP contribution in [0.15, 0.2) is 54.6 Å². The Hall–Kier alpha value is -2.40. The lowest BCUT2D eigenvalue weighted by Gasteiger charge is -2.11. The van der Waals surface area contributed by atoms with Gasteiger partial charge in [-0.2, -0.15) is 0 Å². The highest BCUT2D eigenvalue weighted by Crippen LogP contribution is 2.21. The molecule has 6 heteroatoms. The van der Waals surface area contributed by atoms with Crippen LogP contribution in [0, 0.1) is 10.1 Å². The first-order chi connectivity index (χ1) is 10.1. The minimum atomic E-state index is -0.825. The monoisotopic (exact) mass is 304 g/mol. The van der Waals surface area contributed by atoms with Gasteiger partial charge in [-0.05, 0) is 5.56 Å². The number of nitro benzene ring substituents is 1. The molecule has 0 aliphatic carbocycles. The second-order valence-electron chi connectivity index (χ2n) is 4.38. The fraction of sp³-hybridized carbons (Fsp3) is 0.133. The van der Waals surface area contributed by atoms with Crippen LogP contribution in [0.2, 0.25) is 0 Å². The Balaban J connectivity index is 2.03. The fourth-order valence-electron chi connectivity index (χ4n) is 1.88. The molecule has 0 fully saturated rings. The van der Waals surface area contributed by atoms with E-state index < -0.39 is 10.3 Å². The predicted molar refractivity (Wildman–Crippen MR) is 80.0 cm³/mol. The Morgan fingerprint density at radius 3 is 2.43 bits per heavy atom. The second-order valence-corrected chi connectivity index (χ2v) is 4.81. The molecule has 21 heavy (non-hydrogen) atoms. The van der Waals surface area contributed by atoms with E-state index >= 15 is 0 Å². The smallest absolute Gasteiger partial charge is 0.274 e.